The van der Waals surface area contributed by atoms with Crippen molar-refractivity contribution in [3.63, 3.8) is 0 Å². The molecule has 0 aromatic carbocycles. The molecule has 3 heterocycles. The van der Waals surface area contributed by atoms with Crippen LogP contribution in [0.4, 0.5) is 0 Å². The highest BCUT2D eigenvalue weighted by atomic mass is 32.1. The molecule has 114 valence electrons. The number of aromatic nitrogens is 2. The first kappa shape index (κ1) is 15.1. The third-order valence-electron chi connectivity index (χ3n) is 3.19. The largest absolute Gasteiger partial charge is 0.348 e. The van der Waals surface area contributed by atoms with Crippen molar-refractivity contribution in [1.29, 1.82) is 0 Å². The standard InChI is InChI=1S/C18H15N3OS/c22-18(6-5-16-4-2-10-23-16)21-12-14-7-9-20-17(11-14)15-3-1-8-19-13-15/h1-11,13H,12H2,(H,21,22)/b6-5+. The summed E-state index contributed by atoms with van der Waals surface area (Å²) in [6.07, 6.45) is 8.61. The zero-order valence-electron chi connectivity index (χ0n) is 12.3. The van der Waals surface area contributed by atoms with Gasteiger partial charge >= 0.3 is 0 Å². The van der Waals surface area contributed by atoms with E-state index in [1.54, 1.807) is 36.0 Å². The second kappa shape index (κ2) is 7.47. The quantitative estimate of drug-likeness (QED) is 0.731. The first-order valence-electron chi connectivity index (χ1n) is 7.16. The number of rotatable bonds is 5. The van der Waals surface area contributed by atoms with Crippen molar-refractivity contribution < 1.29 is 4.79 Å². The molecule has 3 aromatic heterocycles. The van der Waals surface area contributed by atoms with Crippen LogP contribution in [0.15, 0.2) is 66.4 Å². The molecule has 0 fully saturated rings. The van der Waals surface area contributed by atoms with E-state index in [4.69, 9.17) is 0 Å². The summed E-state index contributed by atoms with van der Waals surface area (Å²) in [7, 11) is 0. The fourth-order valence-electron chi connectivity index (χ4n) is 2.05. The highest BCUT2D eigenvalue weighted by molar-refractivity contribution is 7.10. The van der Waals surface area contributed by atoms with Crippen molar-refractivity contribution in [2.24, 2.45) is 0 Å². The minimum absolute atomic E-state index is 0.113. The lowest BCUT2D eigenvalue weighted by Crippen LogP contribution is -2.20. The first-order valence-corrected chi connectivity index (χ1v) is 8.04. The molecule has 1 amide bonds. The molecule has 0 atom stereocenters. The van der Waals surface area contributed by atoms with Crippen LogP contribution in [-0.4, -0.2) is 15.9 Å². The molecule has 0 radical (unpaired) electrons. The van der Waals surface area contributed by atoms with Crippen molar-refractivity contribution in [3.05, 3.63) is 76.9 Å². The Balaban J connectivity index is 1.61. The van der Waals surface area contributed by atoms with Crippen molar-refractivity contribution in [1.82, 2.24) is 15.3 Å². The molecule has 0 saturated carbocycles. The Morgan fingerprint density at radius 1 is 1.22 bits per heavy atom. The Morgan fingerprint density at radius 3 is 2.96 bits per heavy atom. The predicted molar refractivity (Wildman–Crippen MR) is 92.7 cm³/mol. The summed E-state index contributed by atoms with van der Waals surface area (Å²) in [5, 5.41) is 4.86. The Hall–Kier alpha value is -2.79. The van der Waals surface area contributed by atoms with Crippen LogP contribution in [0.3, 0.4) is 0 Å². The molecular weight excluding hydrogens is 306 g/mol. The monoisotopic (exact) mass is 321 g/mol. The summed E-state index contributed by atoms with van der Waals surface area (Å²) in [5.74, 6) is -0.113. The lowest BCUT2D eigenvalue weighted by molar-refractivity contribution is -0.116. The predicted octanol–water partition coefficient (Wildman–Crippen LogP) is 3.53. The van der Waals surface area contributed by atoms with Gasteiger partial charge in [0.15, 0.2) is 0 Å². The third-order valence-corrected chi connectivity index (χ3v) is 4.03. The van der Waals surface area contributed by atoms with E-state index in [0.29, 0.717) is 6.54 Å². The number of carbonyl (C=O) groups is 1. The Morgan fingerprint density at radius 2 is 2.17 bits per heavy atom. The van der Waals surface area contributed by atoms with Gasteiger partial charge in [0.1, 0.15) is 0 Å². The SMILES string of the molecule is O=C(/C=C/c1cccs1)NCc1ccnc(-c2cccnc2)c1. The Bertz CT molecular complexity index is 798. The average molecular weight is 321 g/mol. The van der Waals surface area contributed by atoms with Crippen molar-refractivity contribution in [2.45, 2.75) is 6.54 Å². The number of carbonyl (C=O) groups excluding carboxylic acids is 1. The molecule has 4 nitrogen and oxygen atoms in total. The summed E-state index contributed by atoms with van der Waals surface area (Å²) >= 11 is 1.60. The van der Waals surface area contributed by atoms with Crippen LogP contribution in [0.1, 0.15) is 10.4 Å². The van der Waals surface area contributed by atoms with E-state index >= 15 is 0 Å². The number of pyridine rings is 2. The topological polar surface area (TPSA) is 54.9 Å². The summed E-state index contributed by atoms with van der Waals surface area (Å²) < 4.78 is 0. The lowest BCUT2D eigenvalue weighted by atomic mass is 10.1. The summed E-state index contributed by atoms with van der Waals surface area (Å²) in [5.41, 5.74) is 2.80. The first-order chi connectivity index (χ1) is 11.3. The van der Waals surface area contributed by atoms with E-state index in [2.05, 4.69) is 15.3 Å². The maximum absolute atomic E-state index is 11.8. The normalized spacial score (nSPS) is 10.8. The molecule has 0 bridgehead atoms. The fraction of sp³-hybridized carbons (Fsp3) is 0.0556. The molecule has 0 aliphatic heterocycles. The van der Waals surface area contributed by atoms with Crippen LogP contribution in [0.2, 0.25) is 0 Å². The maximum atomic E-state index is 11.8. The van der Waals surface area contributed by atoms with E-state index in [9.17, 15) is 4.79 Å². The van der Waals surface area contributed by atoms with Gasteiger partial charge in [-0.15, -0.1) is 11.3 Å². The molecular formula is C18H15N3OS. The highest BCUT2D eigenvalue weighted by Gasteiger charge is 2.02. The van der Waals surface area contributed by atoms with Gasteiger partial charge in [0, 0.05) is 41.7 Å². The summed E-state index contributed by atoms with van der Waals surface area (Å²) in [6.45, 7) is 0.462. The molecule has 5 heteroatoms. The van der Waals surface area contributed by atoms with Gasteiger partial charge in [-0.05, 0) is 47.4 Å². The number of hydrogen-bond acceptors (Lipinski definition) is 4. The van der Waals surface area contributed by atoms with Crippen LogP contribution in [0.25, 0.3) is 17.3 Å². The molecule has 0 saturated heterocycles. The van der Waals surface area contributed by atoms with Gasteiger partial charge in [-0.1, -0.05) is 6.07 Å². The van der Waals surface area contributed by atoms with Crippen molar-refractivity contribution in [3.8, 4) is 11.3 Å². The zero-order valence-corrected chi connectivity index (χ0v) is 13.2. The van der Waals surface area contributed by atoms with Gasteiger partial charge < -0.3 is 5.32 Å². The molecule has 0 spiro atoms. The van der Waals surface area contributed by atoms with E-state index in [-0.39, 0.29) is 5.91 Å². The van der Waals surface area contributed by atoms with Crippen LogP contribution in [0.5, 0.6) is 0 Å². The molecule has 0 unspecified atom stereocenters. The fourth-order valence-corrected chi connectivity index (χ4v) is 2.67. The lowest BCUT2D eigenvalue weighted by Gasteiger charge is -2.05. The van der Waals surface area contributed by atoms with Gasteiger partial charge in [0.05, 0.1) is 5.69 Å². The zero-order chi connectivity index (χ0) is 15.9. The molecule has 3 aromatic rings. The van der Waals surface area contributed by atoms with Crippen LogP contribution >= 0.6 is 11.3 Å². The summed E-state index contributed by atoms with van der Waals surface area (Å²) in [6, 6.07) is 11.6. The van der Waals surface area contributed by atoms with E-state index in [1.165, 1.54) is 0 Å². The van der Waals surface area contributed by atoms with E-state index in [1.807, 2.05) is 47.9 Å². The molecule has 23 heavy (non-hydrogen) atoms. The van der Waals surface area contributed by atoms with Crippen LogP contribution in [-0.2, 0) is 11.3 Å². The highest BCUT2D eigenvalue weighted by Crippen LogP contribution is 2.16. The number of thiophene rings is 1. The number of hydrogen-bond donors (Lipinski definition) is 1. The minimum atomic E-state index is -0.113. The van der Waals surface area contributed by atoms with Crippen LogP contribution < -0.4 is 5.32 Å². The second-order valence-electron chi connectivity index (χ2n) is 4.86. The number of nitrogens with one attached hydrogen (secondary N) is 1. The molecule has 3 rings (SSSR count). The second-order valence-corrected chi connectivity index (χ2v) is 5.84. The van der Waals surface area contributed by atoms with Gasteiger partial charge in [-0.2, -0.15) is 0 Å². The minimum Gasteiger partial charge on any atom is -0.348 e. The smallest absolute Gasteiger partial charge is 0.244 e. The van der Waals surface area contributed by atoms with E-state index < -0.39 is 0 Å². The van der Waals surface area contributed by atoms with Crippen molar-refractivity contribution in [2.75, 3.05) is 0 Å². The number of amides is 1. The van der Waals surface area contributed by atoms with Gasteiger partial charge in [0.2, 0.25) is 5.91 Å². The average Bonchev–Trinajstić information content (AvgIpc) is 3.13. The van der Waals surface area contributed by atoms with Gasteiger partial charge in [0.25, 0.3) is 0 Å². The third kappa shape index (κ3) is 4.34. The molecule has 0 aliphatic carbocycles. The number of nitrogens with zero attached hydrogens (tertiary/aromatic N) is 2. The van der Waals surface area contributed by atoms with Gasteiger partial charge in [-0.25, -0.2) is 0 Å². The van der Waals surface area contributed by atoms with Gasteiger partial charge in [-0.3, -0.25) is 14.8 Å². The Kier molecular flexibility index (Phi) is 4.91. The maximum Gasteiger partial charge on any atom is 0.244 e. The molecule has 0 aliphatic rings. The van der Waals surface area contributed by atoms with E-state index in [0.717, 1.165) is 21.7 Å². The van der Waals surface area contributed by atoms with Crippen LogP contribution in [0, 0.1) is 0 Å². The van der Waals surface area contributed by atoms with Crippen molar-refractivity contribution >= 4 is 23.3 Å². The molecule has 1 N–H and O–H groups in total. The Labute approximate surface area is 138 Å². The summed E-state index contributed by atoms with van der Waals surface area (Å²) in [4.78, 5) is 21.3.